The van der Waals surface area contributed by atoms with Crippen LogP contribution < -0.4 is 15.1 Å². The number of piperazine rings is 1. The Balaban J connectivity index is 1.68. The number of hydrogen-bond donors (Lipinski definition) is 1. The van der Waals surface area contributed by atoms with Crippen molar-refractivity contribution in [2.45, 2.75) is 12.5 Å². The number of urea groups is 1. The predicted octanol–water partition coefficient (Wildman–Crippen LogP) is 2.43. The summed E-state index contributed by atoms with van der Waals surface area (Å²) < 4.78 is 13.4. The number of barbiturate groups is 1. The van der Waals surface area contributed by atoms with Crippen molar-refractivity contribution in [3.05, 3.63) is 58.9 Å². The molecule has 1 N–H and O–H groups in total. The molecule has 0 radical (unpaired) electrons. The normalized spacial score (nSPS) is 26.0. The zero-order valence-corrected chi connectivity index (χ0v) is 17.5. The van der Waals surface area contributed by atoms with Gasteiger partial charge in [0, 0.05) is 36.8 Å². The van der Waals surface area contributed by atoms with Crippen LogP contribution in [0.1, 0.15) is 5.56 Å². The fourth-order valence-electron chi connectivity index (χ4n) is 4.95. The molecule has 31 heavy (non-hydrogen) atoms. The third-order valence-electron chi connectivity index (χ3n) is 6.51. The number of halogens is 2. The summed E-state index contributed by atoms with van der Waals surface area (Å²) in [4.78, 5) is 45.1. The molecule has 2 fully saturated rings. The number of carbonyl (C=O) groups excluding carboxylic acids is 3. The van der Waals surface area contributed by atoms with Crippen molar-refractivity contribution in [3.8, 4) is 0 Å². The molecule has 5 rings (SSSR count). The van der Waals surface area contributed by atoms with Crippen LogP contribution in [0.5, 0.6) is 0 Å². The molecule has 0 aromatic heterocycles. The van der Waals surface area contributed by atoms with Crippen molar-refractivity contribution in [2.24, 2.45) is 5.41 Å². The number of nitrogens with one attached hydrogen (secondary N) is 1. The van der Waals surface area contributed by atoms with Crippen molar-refractivity contribution < 1.29 is 18.8 Å². The minimum Gasteiger partial charge on any atom is -0.364 e. The molecular weight excluding hydrogens is 423 g/mol. The Labute approximate surface area is 183 Å². The van der Waals surface area contributed by atoms with Crippen molar-refractivity contribution >= 4 is 40.8 Å². The van der Waals surface area contributed by atoms with E-state index in [1.165, 1.54) is 24.3 Å². The Morgan fingerprint density at radius 3 is 2.58 bits per heavy atom. The van der Waals surface area contributed by atoms with Gasteiger partial charge in [0.05, 0.1) is 11.7 Å². The molecule has 9 heteroatoms. The van der Waals surface area contributed by atoms with Crippen LogP contribution in [0.25, 0.3) is 0 Å². The first-order chi connectivity index (χ1) is 14.8. The van der Waals surface area contributed by atoms with Crippen LogP contribution in [0.15, 0.2) is 42.5 Å². The number of nitrogens with zero attached hydrogens (tertiary/aromatic N) is 3. The van der Waals surface area contributed by atoms with E-state index in [-0.39, 0.29) is 12.1 Å². The number of amides is 4. The van der Waals surface area contributed by atoms with E-state index in [2.05, 4.69) is 15.1 Å². The van der Waals surface area contributed by atoms with E-state index in [9.17, 15) is 18.8 Å². The van der Waals surface area contributed by atoms with Crippen LogP contribution >= 0.6 is 11.6 Å². The first-order valence-corrected chi connectivity index (χ1v) is 10.4. The van der Waals surface area contributed by atoms with Crippen LogP contribution in [0.3, 0.4) is 0 Å². The average Bonchev–Trinajstić information content (AvgIpc) is 2.74. The van der Waals surface area contributed by atoms with E-state index in [4.69, 9.17) is 11.6 Å². The average molecular weight is 443 g/mol. The van der Waals surface area contributed by atoms with E-state index in [0.29, 0.717) is 23.7 Å². The van der Waals surface area contributed by atoms with Crippen LogP contribution in [-0.2, 0) is 16.0 Å². The minimum atomic E-state index is -1.55. The van der Waals surface area contributed by atoms with Crippen molar-refractivity contribution in [1.82, 2.24) is 10.2 Å². The minimum absolute atomic E-state index is 0.0760. The lowest BCUT2D eigenvalue weighted by Gasteiger charge is -2.55. The number of fused-ring (bicyclic) bond motifs is 4. The molecule has 0 aliphatic carbocycles. The number of hydrogen-bond acceptors (Lipinski definition) is 5. The summed E-state index contributed by atoms with van der Waals surface area (Å²) >= 11 is 6.50. The number of rotatable bonds is 1. The van der Waals surface area contributed by atoms with Gasteiger partial charge in [-0.15, -0.1) is 0 Å². The lowest BCUT2D eigenvalue weighted by molar-refractivity contribution is -0.145. The number of imide groups is 2. The van der Waals surface area contributed by atoms with E-state index < -0.39 is 35.1 Å². The van der Waals surface area contributed by atoms with Crippen molar-refractivity contribution in [2.75, 3.05) is 36.5 Å². The van der Waals surface area contributed by atoms with Crippen LogP contribution in [0.4, 0.5) is 20.6 Å². The van der Waals surface area contributed by atoms with Gasteiger partial charge in [-0.2, -0.15) is 0 Å². The first-order valence-electron chi connectivity index (χ1n) is 10.0. The second kappa shape index (κ2) is 7.03. The lowest BCUT2D eigenvalue weighted by atomic mass is 9.67. The number of anilines is 2. The molecule has 2 aromatic carbocycles. The second-order valence-electron chi connectivity index (χ2n) is 8.23. The zero-order chi connectivity index (χ0) is 21.9. The Bertz CT molecular complexity index is 1110. The maximum absolute atomic E-state index is 14.0. The fourth-order valence-corrected chi connectivity index (χ4v) is 5.18. The Hall–Kier alpha value is -2.97. The molecule has 3 heterocycles. The summed E-state index contributed by atoms with van der Waals surface area (Å²) in [6, 6.07) is 9.26. The molecule has 1 spiro atoms. The molecule has 0 saturated carbocycles. The SMILES string of the molecule is CN1CCN2c3cccc(Cl)c3CC3(C(=O)NC(=O)N(c4ccc(F)cc4)C3=O)C2C1. The fraction of sp³-hybridized carbons (Fsp3) is 0.318. The highest BCUT2D eigenvalue weighted by Crippen LogP contribution is 2.47. The number of benzene rings is 2. The predicted molar refractivity (Wildman–Crippen MR) is 114 cm³/mol. The van der Waals surface area contributed by atoms with Gasteiger partial charge in [-0.05, 0) is 49.0 Å². The van der Waals surface area contributed by atoms with Gasteiger partial charge < -0.3 is 9.80 Å². The summed E-state index contributed by atoms with van der Waals surface area (Å²) in [6.07, 6.45) is 0.0760. The van der Waals surface area contributed by atoms with Crippen LogP contribution in [0, 0.1) is 11.2 Å². The molecule has 7 nitrogen and oxygen atoms in total. The highest BCUT2D eigenvalue weighted by Gasteiger charge is 2.63. The summed E-state index contributed by atoms with van der Waals surface area (Å²) in [5, 5.41) is 2.85. The smallest absolute Gasteiger partial charge is 0.335 e. The molecule has 2 aromatic rings. The molecule has 3 aliphatic rings. The highest BCUT2D eigenvalue weighted by atomic mass is 35.5. The van der Waals surface area contributed by atoms with Gasteiger partial charge in [-0.25, -0.2) is 14.1 Å². The molecular formula is C22H20ClFN4O3. The molecule has 2 unspecified atom stereocenters. The maximum Gasteiger partial charge on any atom is 0.335 e. The van der Waals surface area contributed by atoms with E-state index in [1.807, 2.05) is 19.2 Å². The maximum atomic E-state index is 14.0. The third kappa shape index (κ3) is 2.85. The van der Waals surface area contributed by atoms with Crippen molar-refractivity contribution in [3.63, 3.8) is 0 Å². The second-order valence-corrected chi connectivity index (χ2v) is 8.64. The Kier molecular flexibility index (Phi) is 4.53. The van der Waals surface area contributed by atoms with E-state index in [1.54, 1.807) is 6.07 Å². The monoisotopic (exact) mass is 442 g/mol. The largest absolute Gasteiger partial charge is 0.364 e. The summed E-state index contributed by atoms with van der Waals surface area (Å²) in [5.41, 5.74) is 0.273. The zero-order valence-electron chi connectivity index (χ0n) is 16.8. The molecule has 4 amide bonds. The highest BCUT2D eigenvalue weighted by molar-refractivity contribution is 6.33. The van der Waals surface area contributed by atoms with Gasteiger partial charge in [0.25, 0.3) is 5.91 Å². The summed E-state index contributed by atoms with van der Waals surface area (Å²) in [6.45, 7) is 1.84. The molecule has 0 bridgehead atoms. The van der Waals surface area contributed by atoms with Gasteiger partial charge in [0.2, 0.25) is 5.91 Å². The lowest BCUT2D eigenvalue weighted by Crippen LogP contribution is -2.75. The van der Waals surface area contributed by atoms with E-state index in [0.717, 1.165) is 17.1 Å². The first kappa shape index (κ1) is 20.0. The van der Waals surface area contributed by atoms with Gasteiger partial charge >= 0.3 is 6.03 Å². The summed E-state index contributed by atoms with van der Waals surface area (Å²) in [5.74, 6) is -1.74. The topological polar surface area (TPSA) is 73.0 Å². The molecule has 2 saturated heterocycles. The molecule has 160 valence electrons. The number of likely N-dealkylation sites (N-methyl/N-ethyl adjacent to an activating group) is 1. The van der Waals surface area contributed by atoms with Crippen molar-refractivity contribution in [1.29, 1.82) is 0 Å². The summed E-state index contributed by atoms with van der Waals surface area (Å²) in [7, 11) is 1.94. The molecule has 2 atom stereocenters. The standard InChI is InChI=1S/C22H20ClFN4O3/c1-26-9-10-27-17-4-2-3-16(23)15(17)11-22(18(27)12-26)19(29)25-21(31)28(20(22)30)14-7-5-13(24)6-8-14/h2-8,18H,9-12H2,1H3,(H,25,29,31). The van der Waals surface area contributed by atoms with Gasteiger partial charge in [0.15, 0.2) is 5.41 Å². The molecule has 3 aliphatic heterocycles. The van der Waals surface area contributed by atoms with Crippen LogP contribution in [-0.4, -0.2) is 55.5 Å². The Morgan fingerprint density at radius 1 is 1.10 bits per heavy atom. The van der Waals surface area contributed by atoms with Gasteiger partial charge in [-0.3, -0.25) is 14.9 Å². The van der Waals surface area contributed by atoms with Crippen LogP contribution in [0.2, 0.25) is 5.02 Å². The van der Waals surface area contributed by atoms with Gasteiger partial charge in [0.1, 0.15) is 5.82 Å². The Morgan fingerprint density at radius 2 is 1.84 bits per heavy atom. The quantitative estimate of drug-likeness (QED) is 0.687. The van der Waals surface area contributed by atoms with E-state index >= 15 is 0 Å². The van der Waals surface area contributed by atoms with Gasteiger partial charge in [-0.1, -0.05) is 17.7 Å². The third-order valence-corrected chi connectivity index (χ3v) is 6.86. The number of carbonyl (C=O) groups is 3.